The molecule has 0 saturated heterocycles. The van der Waals surface area contributed by atoms with Gasteiger partial charge >= 0.3 is 0 Å². The summed E-state index contributed by atoms with van der Waals surface area (Å²) in [5.41, 5.74) is 7.54. The van der Waals surface area contributed by atoms with Crippen molar-refractivity contribution in [1.29, 1.82) is 0 Å². The van der Waals surface area contributed by atoms with E-state index in [1.165, 1.54) is 11.1 Å². The van der Waals surface area contributed by atoms with Crippen LogP contribution < -0.4 is 5.43 Å². The molecule has 0 aliphatic heterocycles. The van der Waals surface area contributed by atoms with E-state index in [4.69, 9.17) is 11.6 Å². The summed E-state index contributed by atoms with van der Waals surface area (Å²) >= 11 is 5.75. The molecular weight excluding hydrogens is 344 g/mol. The van der Waals surface area contributed by atoms with Gasteiger partial charge in [-0.15, -0.1) is 0 Å². The molecule has 1 unspecified atom stereocenters. The fourth-order valence-corrected chi connectivity index (χ4v) is 2.42. The second kappa shape index (κ2) is 14.3. The van der Waals surface area contributed by atoms with Crippen LogP contribution in [0.3, 0.4) is 0 Å². The summed E-state index contributed by atoms with van der Waals surface area (Å²) in [6, 6.07) is 5.58. The Hall–Kier alpha value is -1.84. The van der Waals surface area contributed by atoms with Crippen LogP contribution in [0.2, 0.25) is 5.02 Å². The predicted octanol–water partition coefficient (Wildman–Crippen LogP) is 6.68. The Morgan fingerprint density at radius 2 is 1.96 bits per heavy atom. The zero-order valence-corrected chi connectivity index (χ0v) is 17.5. The first kappa shape index (κ1) is 24.2. The van der Waals surface area contributed by atoms with E-state index in [1.807, 2.05) is 45.9 Å². The molecule has 2 rings (SSSR count). The number of aliphatic hydroxyl groups is 1. The van der Waals surface area contributed by atoms with Gasteiger partial charge < -0.3 is 5.11 Å². The standard InChI is InChI=1S/C12H18O.C8H9ClN2.C2H6/c1-10-6-4-3-5-7-12(10)9-8-11(2)13;1-6-3-4-7(9)5-8(6)11-10-2;1-2/h3-6,11,13H,7-9H2,1-2H3;3-5,11H,2H2,1H3;1-2H3. The van der Waals surface area contributed by atoms with Gasteiger partial charge in [0.25, 0.3) is 0 Å². The zero-order chi connectivity index (χ0) is 19.9. The Morgan fingerprint density at radius 1 is 1.27 bits per heavy atom. The van der Waals surface area contributed by atoms with Crippen molar-refractivity contribution in [2.45, 2.75) is 60.0 Å². The van der Waals surface area contributed by atoms with Crippen LogP contribution in [0.15, 0.2) is 58.8 Å². The number of allylic oxidation sites excluding steroid dienone is 6. The van der Waals surface area contributed by atoms with Gasteiger partial charge in [0.15, 0.2) is 0 Å². The van der Waals surface area contributed by atoms with Crippen LogP contribution in [0.5, 0.6) is 0 Å². The van der Waals surface area contributed by atoms with Gasteiger partial charge in [-0.1, -0.05) is 67.0 Å². The third kappa shape index (κ3) is 10.2. The number of anilines is 1. The average Bonchev–Trinajstić information content (AvgIpc) is 2.83. The van der Waals surface area contributed by atoms with E-state index in [9.17, 15) is 5.11 Å². The minimum Gasteiger partial charge on any atom is -0.393 e. The summed E-state index contributed by atoms with van der Waals surface area (Å²) in [5, 5.41) is 13.4. The lowest BCUT2D eigenvalue weighted by Crippen LogP contribution is -2.00. The number of hydrazone groups is 1. The second-order valence-electron chi connectivity index (χ2n) is 5.89. The smallest absolute Gasteiger partial charge is 0.0605 e. The topological polar surface area (TPSA) is 44.6 Å². The van der Waals surface area contributed by atoms with Crippen molar-refractivity contribution >= 4 is 24.0 Å². The van der Waals surface area contributed by atoms with Gasteiger partial charge in [0.05, 0.1) is 11.8 Å². The number of hydrogen-bond donors (Lipinski definition) is 2. The van der Waals surface area contributed by atoms with Crippen molar-refractivity contribution in [1.82, 2.24) is 0 Å². The van der Waals surface area contributed by atoms with Crippen molar-refractivity contribution in [3.8, 4) is 0 Å². The average molecular weight is 377 g/mol. The Labute approximate surface area is 164 Å². The van der Waals surface area contributed by atoms with Crippen LogP contribution in [-0.2, 0) is 0 Å². The Bertz CT molecular complexity index is 631. The van der Waals surface area contributed by atoms with Gasteiger partial charge in [0.2, 0.25) is 0 Å². The fourth-order valence-electron chi connectivity index (χ4n) is 2.25. The molecule has 1 aliphatic rings. The number of aliphatic hydroxyl groups excluding tert-OH is 1. The number of rotatable bonds is 5. The van der Waals surface area contributed by atoms with E-state index in [0.717, 1.165) is 30.5 Å². The summed E-state index contributed by atoms with van der Waals surface area (Å²) in [4.78, 5) is 0. The number of aryl methyl sites for hydroxylation is 1. The molecule has 0 amide bonds. The highest BCUT2D eigenvalue weighted by Gasteiger charge is 2.03. The molecule has 1 atom stereocenters. The van der Waals surface area contributed by atoms with E-state index in [-0.39, 0.29) is 6.10 Å². The van der Waals surface area contributed by atoms with Gasteiger partial charge in [0.1, 0.15) is 0 Å². The first-order valence-corrected chi connectivity index (χ1v) is 9.49. The first-order chi connectivity index (χ1) is 12.4. The zero-order valence-electron chi connectivity index (χ0n) is 16.7. The van der Waals surface area contributed by atoms with Crippen molar-refractivity contribution in [3.05, 3.63) is 64.2 Å². The van der Waals surface area contributed by atoms with Gasteiger partial charge in [-0.25, -0.2) is 0 Å². The molecule has 1 aromatic carbocycles. The van der Waals surface area contributed by atoms with Gasteiger partial charge in [-0.2, -0.15) is 5.10 Å². The Balaban J connectivity index is 0.000000444. The lowest BCUT2D eigenvalue weighted by molar-refractivity contribution is 0.184. The third-order valence-electron chi connectivity index (χ3n) is 3.78. The number of halogens is 1. The maximum atomic E-state index is 9.18. The minimum absolute atomic E-state index is 0.184. The molecule has 0 radical (unpaired) electrons. The Morgan fingerprint density at radius 3 is 2.58 bits per heavy atom. The fraction of sp³-hybridized carbons (Fsp3) is 0.409. The van der Waals surface area contributed by atoms with Crippen LogP contribution in [0.1, 0.15) is 52.5 Å². The van der Waals surface area contributed by atoms with Crippen LogP contribution in [-0.4, -0.2) is 17.9 Å². The normalized spacial score (nSPS) is 13.7. The molecular formula is C22H33ClN2O. The lowest BCUT2D eigenvalue weighted by Gasteiger charge is -2.08. The molecule has 0 heterocycles. The lowest BCUT2D eigenvalue weighted by atomic mass is 10.0. The van der Waals surface area contributed by atoms with Crippen LogP contribution in [0, 0.1) is 6.92 Å². The largest absolute Gasteiger partial charge is 0.393 e. The first-order valence-electron chi connectivity index (χ1n) is 9.11. The summed E-state index contributed by atoms with van der Waals surface area (Å²) in [7, 11) is 0. The molecule has 0 saturated carbocycles. The molecule has 1 aliphatic carbocycles. The summed E-state index contributed by atoms with van der Waals surface area (Å²) in [5.74, 6) is 0. The van der Waals surface area contributed by atoms with Crippen molar-refractivity contribution in [2.24, 2.45) is 5.10 Å². The maximum absolute atomic E-state index is 9.18. The number of nitrogens with one attached hydrogen (secondary N) is 1. The van der Waals surface area contributed by atoms with E-state index in [1.54, 1.807) is 0 Å². The van der Waals surface area contributed by atoms with Gasteiger partial charge in [-0.05, 0) is 57.7 Å². The molecule has 2 N–H and O–H groups in total. The summed E-state index contributed by atoms with van der Waals surface area (Å²) < 4.78 is 0. The van der Waals surface area contributed by atoms with E-state index < -0.39 is 0 Å². The number of nitrogens with zero attached hydrogens (tertiary/aromatic N) is 1. The van der Waals surface area contributed by atoms with Crippen LogP contribution in [0.4, 0.5) is 5.69 Å². The minimum atomic E-state index is -0.184. The van der Waals surface area contributed by atoms with Gasteiger partial charge in [-0.3, -0.25) is 5.43 Å². The summed E-state index contributed by atoms with van der Waals surface area (Å²) in [6.07, 6.45) is 11.2. The van der Waals surface area contributed by atoms with Gasteiger partial charge in [0, 0.05) is 11.7 Å². The monoisotopic (exact) mass is 376 g/mol. The predicted molar refractivity (Wildman–Crippen MR) is 117 cm³/mol. The van der Waals surface area contributed by atoms with E-state index in [2.05, 4.69) is 48.5 Å². The molecule has 0 bridgehead atoms. The van der Waals surface area contributed by atoms with E-state index >= 15 is 0 Å². The van der Waals surface area contributed by atoms with Crippen molar-refractivity contribution in [2.75, 3.05) is 5.43 Å². The number of hydrogen-bond acceptors (Lipinski definition) is 3. The van der Waals surface area contributed by atoms with Crippen LogP contribution in [0.25, 0.3) is 0 Å². The molecule has 26 heavy (non-hydrogen) atoms. The molecule has 0 spiro atoms. The molecule has 0 aromatic heterocycles. The number of benzene rings is 1. The molecule has 1 aromatic rings. The SMILES string of the molecule is C=NNc1cc(Cl)ccc1C.CC.CC1=C(CCC(C)O)CC=CC=C1. The molecule has 0 fully saturated rings. The third-order valence-corrected chi connectivity index (χ3v) is 4.01. The summed E-state index contributed by atoms with van der Waals surface area (Å²) in [6.45, 7) is 13.3. The quantitative estimate of drug-likeness (QED) is 0.444. The Kier molecular flexibility index (Phi) is 13.3. The molecule has 3 nitrogen and oxygen atoms in total. The van der Waals surface area contributed by atoms with Crippen molar-refractivity contribution < 1.29 is 5.11 Å². The highest BCUT2D eigenvalue weighted by Crippen LogP contribution is 2.20. The molecule has 144 valence electrons. The van der Waals surface area contributed by atoms with Crippen molar-refractivity contribution in [3.63, 3.8) is 0 Å². The maximum Gasteiger partial charge on any atom is 0.0605 e. The molecule has 4 heteroatoms. The highest BCUT2D eigenvalue weighted by atomic mass is 35.5. The van der Waals surface area contributed by atoms with Crippen LogP contribution >= 0.6 is 11.6 Å². The second-order valence-corrected chi connectivity index (χ2v) is 6.33. The highest BCUT2D eigenvalue weighted by molar-refractivity contribution is 6.30. The van der Waals surface area contributed by atoms with E-state index in [0.29, 0.717) is 5.02 Å².